The second-order valence-corrected chi connectivity index (χ2v) is 5.44. The van der Waals surface area contributed by atoms with Gasteiger partial charge >= 0.3 is 0 Å². The van der Waals surface area contributed by atoms with Crippen molar-refractivity contribution in [3.05, 3.63) is 41.3 Å². The summed E-state index contributed by atoms with van der Waals surface area (Å²) in [4.78, 5) is 33.2. The lowest BCUT2D eigenvalue weighted by molar-refractivity contribution is -0.123. The molecule has 8 heteroatoms. The Morgan fingerprint density at radius 3 is 3.05 bits per heavy atom. The van der Waals surface area contributed by atoms with E-state index < -0.39 is 0 Å². The first kappa shape index (κ1) is 14.5. The third-order valence-corrected chi connectivity index (χ3v) is 3.51. The molecule has 2 amide bonds. The summed E-state index contributed by atoms with van der Waals surface area (Å²) in [5.74, 6) is 0.330. The Morgan fingerprint density at radius 2 is 2.27 bits per heavy atom. The van der Waals surface area contributed by atoms with Gasteiger partial charge in [0.2, 0.25) is 5.91 Å². The summed E-state index contributed by atoms with van der Waals surface area (Å²) in [6, 6.07) is 6.85. The van der Waals surface area contributed by atoms with Crippen LogP contribution >= 0.6 is 15.9 Å². The number of anilines is 2. The molecule has 0 saturated heterocycles. The molecular weight excluding hydrogens is 352 g/mol. The van der Waals surface area contributed by atoms with Crippen LogP contribution in [0.3, 0.4) is 0 Å². The largest absolute Gasteiger partial charge is 0.482 e. The predicted octanol–water partition coefficient (Wildman–Crippen LogP) is 1.60. The molecule has 0 saturated carbocycles. The molecule has 1 N–H and O–H groups in total. The Labute approximate surface area is 134 Å². The van der Waals surface area contributed by atoms with Gasteiger partial charge in [0, 0.05) is 10.7 Å². The minimum Gasteiger partial charge on any atom is -0.482 e. The fourth-order valence-electron chi connectivity index (χ4n) is 2.04. The summed E-state index contributed by atoms with van der Waals surface area (Å²) in [6.07, 6.45) is 2.86. The van der Waals surface area contributed by atoms with Crippen molar-refractivity contribution in [2.24, 2.45) is 0 Å². The fourth-order valence-corrected chi connectivity index (χ4v) is 2.38. The van der Waals surface area contributed by atoms with Crippen molar-refractivity contribution >= 4 is 39.2 Å². The van der Waals surface area contributed by atoms with E-state index in [0.29, 0.717) is 17.3 Å². The zero-order valence-corrected chi connectivity index (χ0v) is 12.9. The first-order valence-corrected chi connectivity index (χ1v) is 7.21. The summed E-state index contributed by atoms with van der Waals surface area (Å²) in [6.45, 7) is -0.203. The van der Waals surface area contributed by atoms with Gasteiger partial charge in [-0.2, -0.15) is 0 Å². The van der Waals surface area contributed by atoms with Crippen LogP contribution < -0.4 is 15.0 Å². The molecule has 0 atom stereocenters. The van der Waals surface area contributed by atoms with Crippen LogP contribution in [0, 0.1) is 0 Å². The molecule has 0 unspecified atom stereocenters. The maximum atomic E-state index is 12.1. The zero-order chi connectivity index (χ0) is 15.5. The topological polar surface area (TPSA) is 84.4 Å². The van der Waals surface area contributed by atoms with Crippen molar-refractivity contribution in [3.8, 4) is 5.75 Å². The highest BCUT2D eigenvalue weighted by atomic mass is 79.9. The van der Waals surface area contributed by atoms with Gasteiger partial charge in [0.1, 0.15) is 24.4 Å². The molecule has 3 rings (SSSR count). The maximum Gasteiger partial charge on any atom is 0.265 e. The summed E-state index contributed by atoms with van der Waals surface area (Å²) in [5, 5.41) is 2.62. The van der Waals surface area contributed by atoms with E-state index in [-0.39, 0.29) is 25.0 Å². The van der Waals surface area contributed by atoms with Crippen LogP contribution in [0.25, 0.3) is 0 Å². The molecule has 2 aromatic rings. The molecule has 1 aliphatic rings. The number of amides is 2. The number of nitrogens with one attached hydrogen (secondary N) is 1. The minimum atomic E-state index is -0.345. The Kier molecular flexibility index (Phi) is 4.01. The molecule has 7 nitrogen and oxygen atoms in total. The number of fused-ring (bicyclic) bond motifs is 1. The standard InChI is InChI=1S/C14H11BrN4O3/c15-9-1-2-10-11(5-9)22-7-14(21)19(10)6-13(20)18-12-3-4-16-8-17-12/h1-5,8H,6-7H2,(H,16,17,18,20). The van der Waals surface area contributed by atoms with Crippen molar-refractivity contribution in [1.82, 2.24) is 9.97 Å². The number of halogens is 1. The Morgan fingerprint density at radius 1 is 1.41 bits per heavy atom. The van der Waals surface area contributed by atoms with E-state index in [1.165, 1.54) is 17.4 Å². The van der Waals surface area contributed by atoms with Gasteiger partial charge < -0.3 is 10.1 Å². The van der Waals surface area contributed by atoms with Crippen LogP contribution in [0.4, 0.5) is 11.5 Å². The van der Waals surface area contributed by atoms with Crippen LogP contribution in [0.1, 0.15) is 0 Å². The van der Waals surface area contributed by atoms with Gasteiger partial charge in [0.15, 0.2) is 6.61 Å². The lowest BCUT2D eigenvalue weighted by Crippen LogP contribution is -2.43. The van der Waals surface area contributed by atoms with Crippen molar-refractivity contribution in [1.29, 1.82) is 0 Å². The zero-order valence-electron chi connectivity index (χ0n) is 11.3. The number of hydrogen-bond acceptors (Lipinski definition) is 5. The number of rotatable bonds is 3. The quantitative estimate of drug-likeness (QED) is 0.896. The molecule has 2 heterocycles. The number of carbonyl (C=O) groups is 2. The molecule has 1 aromatic heterocycles. The highest BCUT2D eigenvalue weighted by Crippen LogP contribution is 2.34. The number of carbonyl (C=O) groups excluding carboxylic acids is 2. The fraction of sp³-hybridized carbons (Fsp3) is 0.143. The first-order chi connectivity index (χ1) is 10.6. The number of benzene rings is 1. The summed E-state index contributed by atoms with van der Waals surface area (Å²) in [7, 11) is 0. The third kappa shape index (κ3) is 3.06. The third-order valence-electron chi connectivity index (χ3n) is 3.02. The maximum absolute atomic E-state index is 12.1. The smallest absolute Gasteiger partial charge is 0.265 e. The molecule has 0 spiro atoms. The van der Waals surface area contributed by atoms with Crippen molar-refractivity contribution < 1.29 is 14.3 Å². The van der Waals surface area contributed by atoms with E-state index in [4.69, 9.17) is 4.74 Å². The molecular formula is C14H11BrN4O3. The molecule has 0 radical (unpaired) electrons. The summed E-state index contributed by atoms with van der Waals surface area (Å²) < 4.78 is 6.21. The number of ether oxygens (including phenoxy) is 1. The minimum absolute atomic E-state index is 0.0930. The van der Waals surface area contributed by atoms with Crippen LogP contribution in [0.5, 0.6) is 5.75 Å². The lowest BCUT2D eigenvalue weighted by Gasteiger charge is -2.28. The van der Waals surface area contributed by atoms with Gasteiger partial charge in [-0.25, -0.2) is 9.97 Å². The number of aromatic nitrogens is 2. The average molecular weight is 363 g/mol. The van der Waals surface area contributed by atoms with Gasteiger partial charge in [0.05, 0.1) is 5.69 Å². The highest BCUT2D eigenvalue weighted by Gasteiger charge is 2.27. The summed E-state index contributed by atoms with van der Waals surface area (Å²) in [5.41, 5.74) is 0.567. The molecule has 1 aromatic carbocycles. The summed E-state index contributed by atoms with van der Waals surface area (Å²) >= 11 is 3.34. The van der Waals surface area contributed by atoms with Crippen LogP contribution in [-0.4, -0.2) is 34.9 Å². The first-order valence-electron chi connectivity index (χ1n) is 6.42. The lowest BCUT2D eigenvalue weighted by atomic mass is 10.2. The predicted molar refractivity (Wildman–Crippen MR) is 82.7 cm³/mol. The molecule has 0 bridgehead atoms. The number of hydrogen-bond donors (Lipinski definition) is 1. The van der Waals surface area contributed by atoms with Gasteiger partial charge in [-0.05, 0) is 24.3 Å². The second kappa shape index (κ2) is 6.10. The van der Waals surface area contributed by atoms with Gasteiger partial charge in [0.25, 0.3) is 5.91 Å². The van der Waals surface area contributed by atoms with E-state index >= 15 is 0 Å². The van der Waals surface area contributed by atoms with Gasteiger partial charge in [-0.3, -0.25) is 14.5 Å². The van der Waals surface area contributed by atoms with Crippen molar-refractivity contribution in [2.45, 2.75) is 0 Å². The molecule has 0 fully saturated rings. The van der Waals surface area contributed by atoms with Gasteiger partial charge in [-0.1, -0.05) is 15.9 Å². The monoisotopic (exact) mass is 362 g/mol. The average Bonchev–Trinajstić information content (AvgIpc) is 2.51. The van der Waals surface area contributed by atoms with Crippen molar-refractivity contribution in [2.75, 3.05) is 23.4 Å². The van der Waals surface area contributed by atoms with E-state index in [9.17, 15) is 9.59 Å². The molecule has 22 heavy (non-hydrogen) atoms. The van der Waals surface area contributed by atoms with E-state index in [2.05, 4.69) is 31.2 Å². The Balaban J connectivity index is 1.77. The van der Waals surface area contributed by atoms with Crippen LogP contribution in [-0.2, 0) is 9.59 Å². The molecule has 0 aliphatic carbocycles. The van der Waals surface area contributed by atoms with E-state index in [1.807, 2.05) is 0 Å². The van der Waals surface area contributed by atoms with Crippen molar-refractivity contribution in [3.63, 3.8) is 0 Å². The SMILES string of the molecule is O=C(CN1C(=O)COc2cc(Br)ccc21)Nc1ccncn1. The highest BCUT2D eigenvalue weighted by molar-refractivity contribution is 9.10. The van der Waals surface area contributed by atoms with E-state index in [1.54, 1.807) is 24.3 Å². The van der Waals surface area contributed by atoms with Gasteiger partial charge in [-0.15, -0.1) is 0 Å². The van der Waals surface area contributed by atoms with Crippen LogP contribution in [0.15, 0.2) is 41.3 Å². The normalized spacial score (nSPS) is 13.3. The number of nitrogens with zero attached hydrogens (tertiary/aromatic N) is 3. The van der Waals surface area contributed by atoms with Crippen LogP contribution in [0.2, 0.25) is 0 Å². The Bertz CT molecular complexity index is 723. The van der Waals surface area contributed by atoms with E-state index in [0.717, 1.165) is 4.47 Å². The Hall–Kier alpha value is -2.48. The second-order valence-electron chi connectivity index (χ2n) is 4.52. The molecule has 112 valence electrons. The molecule has 1 aliphatic heterocycles.